The Labute approximate surface area is 131 Å². The fourth-order valence-corrected chi connectivity index (χ4v) is 2.19. The molecule has 1 aromatic carbocycles. The number of nitrogens with zero attached hydrogens (tertiary/aromatic N) is 3. The van der Waals surface area contributed by atoms with Crippen LogP contribution in [0.5, 0.6) is 0 Å². The number of hydrogen-bond acceptors (Lipinski definition) is 3. The maximum absolute atomic E-state index is 11.6. The van der Waals surface area contributed by atoms with Crippen LogP contribution in [0.4, 0.5) is 9.59 Å². The maximum atomic E-state index is 11.6. The van der Waals surface area contributed by atoms with Gasteiger partial charge in [-0.25, -0.2) is 4.79 Å². The van der Waals surface area contributed by atoms with Crippen LogP contribution in [0.3, 0.4) is 0 Å². The molecule has 120 valence electrons. The van der Waals surface area contributed by atoms with Crippen LogP contribution in [0.2, 0.25) is 0 Å². The number of para-hydroxylation sites is 1. The van der Waals surface area contributed by atoms with Gasteiger partial charge in [-0.1, -0.05) is 18.2 Å². The Morgan fingerprint density at radius 1 is 1.39 bits per heavy atom. The number of alkyl carbamates (subject to hydrolysis) is 1. The van der Waals surface area contributed by atoms with Crippen LogP contribution >= 0.6 is 0 Å². The molecule has 0 saturated carbocycles. The summed E-state index contributed by atoms with van der Waals surface area (Å²) in [5.41, 5.74) is 10.1. The number of benzene rings is 1. The zero-order valence-electron chi connectivity index (χ0n) is 12.4. The summed E-state index contributed by atoms with van der Waals surface area (Å²) in [5.74, 6) is 0. The van der Waals surface area contributed by atoms with E-state index in [2.05, 4.69) is 25.6 Å². The molecule has 0 radical (unpaired) electrons. The van der Waals surface area contributed by atoms with E-state index in [9.17, 15) is 9.59 Å². The van der Waals surface area contributed by atoms with Crippen LogP contribution in [-0.2, 0) is 11.2 Å². The van der Waals surface area contributed by atoms with Gasteiger partial charge in [-0.3, -0.25) is 4.79 Å². The number of aromatic amines is 1. The maximum Gasteiger partial charge on any atom is 0.408 e. The minimum atomic E-state index is -0.880. The van der Waals surface area contributed by atoms with Gasteiger partial charge in [0, 0.05) is 33.5 Å². The predicted octanol–water partition coefficient (Wildman–Crippen LogP) is 2.80. The van der Waals surface area contributed by atoms with Crippen molar-refractivity contribution >= 4 is 23.0 Å². The van der Waals surface area contributed by atoms with E-state index in [-0.39, 0.29) is 6.61 Å². The summed E-state index contributed by atoms with van der Waals surface area (Å²) >= 11 is 0. The van der Waals surface area contributed by atoms with Gasteiger partial charge in [0.2, 0.25) is 0 Å². The van der Waals surface area contributed by atoms with Gasteiger partial charge in [0.1, 0.15) is 6.17 Å². The van der Waals surface area contributed by atoms with E-state index >= 15 is 0 Å². The molecular formula is C14H16N6O3. The number of aromatic nitrogens is 1. The number of rotatable bonds is 5. The van der Waals surface area contributed by atoms with Gasteiger partial charge in [-0.2, -0.15) is 0 Å². The molecule has 0 fully saturated rings. The summed E-state index contributed by atoms with van der Waals surface area (Å²) in [6.07, 6.45) is 0.657. The number of ether oxygens (including phenoxy) is 1. The molecule has 2 rings (SSSR count). The molecule has 0 aliphatic rings. The van der Waals surface area contributed by atoms with Crippen molar-refractivity contribution < 1.29 is 14.3 Å². The molecular weight excluding hydrogens is 300 g/mol. The van der Waals surface area contributed by atoms with Gasteiger partial charge in [-0.05, 0) is 24.1 Å². The minimum Gasteiger partial charge on any atom is -0.450 e. The van der Waals surface area contributed by atoms with Crippen molar-refractivity contribution in [2.45, 2.75) is 19.5 Å². The first-order valence-corrected chi connectivity index (χ1v) is 6.98. The van der Waals surface area contributed by atoms with Crippen molar-refractivity contribution in [1.82, 2.24) is 15.6 Å². The van der Waals surface area contributed by atoms with E-state index < -0.39 is 18.3 Å². The molecule has 3 amide bonds. The number of H-pyrrole nitrogens is 1. The highest BCUT2D eigenvalue weighted by atomic mass is 16.5. The van der Waals surface area contributed by atoms with E-state index in [4.69, 9.17) is 10.3 Å². The number of nitrogens with one attached hydrogen (secondary N) is 3. The Morgan fingerprint density at radius 3 is 2.91 bits per heavy atom. The molecule has 0 saturated heterocycles. The van der Waals surface area contributed by atoms with Gasteiger partial charge in [0.05, 0.1) is 6.61 Å². The zero-order chi connectivity index (χ0) is 16.7. The topological polar surface area (TPSA) is 132 Å². The molecule has 0 unspecified atom stereocenters. The predicted molar refractivity (Wildman–Crippen MR) is 83.6 cm³/mol. The molecule has 1 heterocycles. The molecule has 0 aliphatic heterocycles. The average molecular weight is 316 g/mol. The van der Waals surface area contributed by atoms with Crippen LogP contribution in [-0.4, -0.2) is 29.9 Å². The third kappa shape index (κ3) is 4.39. The van der Waals surface area contributed by atoms with Crippen LogP contribution in [0.25, 0.3) is 21.3 Å². The second-order valence-electron chi connectivity index (χ2n) is 4.62. The van der Waals surface area contributed by atoms with Crippen molar-refractivity contribution in [2.75, 3.05) is 6.61 Å². The largest absolute Gasteiger partial charge is 0.450 e. The van der Waals surface area contributed by atoms with Crippen molar-refractivity contribution in [3.8, 4) is 0 Å². The first-order chi connectivity index (χ1) is 11.1. The molecule has 1 aromatic heterocycles. The smallest absolute Gasteiger partial charge is 0.408 e. The second-order valence-corrected chi connectivity index (χ2v) is 4.62. The number of amides is 3. The van der Waals surface area contributed by atoms with Gasteiger partial charge in [-0.15, -0.1) is 0 Å². The van der Waals surface area contributed by atoms with Crippen LogP contribution in [0, 0.1) is 0 Å². The number of hydrogen-bond donors (Lipinski definition) is 3. The van der Waals surface area contributed by atoms with Crippen LogP contribution < -0.4 is 10.6 Å². The van der Waals surface area contributed by atoms with Crippen molar-refractivity contribution in [3.05, 3.63) is 46.5 Å². The SMILES string of the molecule is CCOC(=O)N[C@@H](Cc1c[nH]c2ccccc12)NC(=O)N=[N+]=[N-]. The second kappa shape index (κ2) is 7.71. The fourth-order valence-electron chi connectivity index (χ4n) is 2.19. The average Bonchev–Trinajstić information content (AvgIpc) is 2.91. The molecule has 0 spiro atoms. The van der Waals surface area contributed by atoms with Crippen molar-refractivity contribution in [2.24, 2.45) is 5.11 Å². The first-order valence-electron chi connectivity index (χ1n) is 6.98. The minimum absolute atomic E-state index is 0.204. The molecule has 0 aliphatic carbocycles. The summed E-state index contributed by atoms with van der Waals surface area (Å²) in [7, 11) is 0. The highest BCUT2D eigenvalue weighted by Gasteiger charge is 2.17. The molecule has 9 nitrogen and oxygen atoms in total. The fraction of sp³-hybridized carbons (Fsp3) is 0.286. The molecule has 0 bridgehead atoms. The number of urea groups is 1. The van der Waals surface area contributed by atoms with Crippen LogP contribution in [0.1, 0.15) is 12.5 Å². The molecule has 2 aromatic rings. The number of fused-ring (bicyclic) bond motifs is 1. The van der Waals surface area contributed by atoms with E-state index in [1.165, 1.54) is 0 Å². The lowest BCUT2D eigenvalue weighted by Gasteiger charge is -2.18. The van der Waals surface area contributed by atoms with E-state index in [0.29, 0.717) is 6.42 Å². The molecule has 9 heteroatoms. The summed E-state index contributed by atoms with van der Waals surface area (Å²) in [4.78, 5) is 28.6. The number of carbonyl (C=O) groups is 2. The lowest BCUT2D eigenvalue weighted by atomic mass is 10.1. The number of azide groups is 1. The lowest BCUT2D eigenvalue weighted by molar-refractivity contribution is 0.146. The lowest BCUT2D eigenvalue weighted by Crippen LogP contribution is -2.48. The Morgan fingerprint density at radius 2 is 2.17 bits per heavy atom. The Kier molecular flexibility index (Phi) is 5.43. The molecule has 23 heavy (non-hydrogen) atoms. The third-order valence-corrected chi connectivity index (χ3v) is 3.10. The van der Waals surface area contributed by atoms with Gasteiger partial charge >= 0.3 is 12.1 Å². The highest BCUT2D eigenvalue weighted by molar-refractivity contribution is 5.83. The summed E-state index contributed by atoms with van der Waals surface area (Å²) < 4.78 is 4.81. The highest BCUT2D eigenvalue weighted by Crippen LogP contribution is 2.18. The first kappa shape index (κ1) is 16.2. The summed E-state index contributed by atoms with van der Waals surface area (Å²) in [6, 6.07) is 6.77. The standard InChI is InChI=1S/C14H16N6O3/c1-2-23-14(22)18-12(17-13(21)19-20-15)7-9-8-16-11-6-4-3-5-10(9)11/h3-6,8,12,16H,2,7H2,1H3,(H,17,21)(H,18,22)/t12-/m0/s1. The van der Waals surface area contributed by atoms with Crippen molar-refractivity contribution in [3.63, 3.8) is 0 Å². The quantitative estimate of drug-likeness (QED) is 0.339. The van der Waals surface area contributed by atoms with Gasteiger partial charge < -0.3 is 20.4 Å². The Balaban J connectivity index is 2.16. The van der Waals surface area contributed by atoms with Gasteiger partial charge in [0.15, 0.2) is 0 Å². The zero-order valence-corrected chi connectivity index (χ0v) is 12.4. The Hall–Kier alpha value is -3.19. The summed E-state index contributed by atoms with van der Waals surface area (Å²) in [5, 5.41) is 8.86. The monoisotopic (exact) mass is 316 g/mol. The Bertz CT molecular complexity index is 750. The van der Waals surface area contributed by atoms with E-state index in [0.717, 1.165) is 16.5 Å². The van der Waals surface area contributed by atoms with Gasteiger partial charge in [0.25, 0.3) is 0 Å². The summed E-state index contributed by atoms with van der Waals surface area (Å²) in [6.45, 7) is 1.88. The molecule has 1 atom stereocenters. The van der Waals surface area contributed by atoms with E-state index in [1.54, 1.807) is 13.1 Å². The third-order valence-electron chi connectivity index (χ3n) is 3.10. The normalized spacial score (nSPS) is 11.3. The van der Waals surface area contributed by atoms with Crippen LogP contribution in [0.15, 0.2) is 35.6 Å². The molecule has 3 N–H and O–H groups in total. The number of carbonyl (C=O) groups excluding carboxylic acids is 2. The van der Waals surface area contributed by atoms with E-state index in [1.807, 2.05) is 24.3 Å². The van der Waals surface area contributed by atoms with Crippen molar-refractivity contribution in [1.29, 1.82) is 0 Å².